The normalized spacial score (nSPS) is 25.4. The summed E-state index contributed by atoms with van der Waals surface area (Å²) in [5, 5.41) is 0. The molecule has 1 fully saturated rings. The van der Waals surface area contributed by atoms with Gasteiger partial charge < -0.3 is 5.73 Å². The third-order valence-electron chi connectivity index (χ3n) is 2.56. The minimum absolute atomic E-state index is 0.0809. The molecule has 1 saturated carbocycles. The number of rotatable bonds is 1. The minimum Gasteiger partial charge on any atom is -0.327 e. The van der Waals surface area contributed by atoms with Crippen LogP contribution in [0.15, 0.2) is 18.2 Å². The SMILES string of the molecule is NC1CC1c1cc(C(F)(F)F)ccc1F. The van der Waals surface area contributed by atoms with Crippen molar-refractivity contribution in [2.75, 3.05) is 0 Å². The van der Waals surface area contributed by atoms with Gasteiger partial charge in [0.2, 0.25) is 0 Å². The van der Waals surface area contributed by atoms with Gasteiger partial charge in [0.25, 0.3) is 0 Å². The fourth-order valence-corrected chi connectivity index (χ4v) is 1.58. The number of halogens is 4. The Balaban J connectivity index is 2.38. The molecular formula is C10H9F4N. The topological polar surface area (TPSA) is 26.0 Å². The zero-order valence-corrected chi connectivity index (χ0v) is 7.68. The van der Waals surface area contributed by atoms with Gasteiger partial charge in [-0.3, -0.25) is 0 Å². The molecule has 0 heterocycles. The lowest BCUT2D eigenvalue weighted by atomic mass is 10.1. The molecule has 82 valence electrons. The second kappa shape index (κ2) is 3.20. The van der Waals surface area contributed by atoms with Crippen LogP contribution < -0.4 is 5.73 Å². The highest BCUT2D eigenvalue weighted by atomic mass is 19.4. The molecule has 2 atom stereocenters. The van der Waals surface area contributed by atoms with Crippen LogP contribution in [0.5, 0.6) is 0 Å². The van der Waals surface area contributed by atoms with Gasteiger partial charge in [-0.2, -0.15) is 13.2 Å². The summed E-state index contributed by atoms with van der Waals surface area (Å²) in [6.07, 6.45) is -3.88. The molecule has 0 radical (unpaired) electrons. The second-order valence-electron chi connectivity index (χ2n) is 3.74. The lowest BCUT2D eigenvalue weighted by Gasteiger charge is -2.09. The van der Waals surface area contributed by atoms with Crippen molar-refractivity contribution >= 4 is 0 Å². The Morgan fingerprint density at radius 1 is 1.27 bits per heavy atom. The zero-order valence-electron chi connectivity index (χ0n) is 7.68. The largest absolute Gasteiger partial charge is 0.416 e. The van der Waals surface area contributed by atoms with E-state index in [1.165, 1.54) is 0 Å². The molecule has 0 saturated heterocycles. The number of hydrogen-bond acceptors (Lipinski definition) is 1. The van der Waals surface area contributed by atoms with Gasteiger partial charge in [-0.15, -0.1) is 0 Å². The second-order valence-corrected chi connectivity index (χ2v) is 3.74. The van der Waals surface area contributed by atoms with Crippen molar-refractivity contribution in [3.05, 3.63) is 35.1 Å². The van der Waals surface area contributed by atoms with Crippen LogP contribution in [0.2, 0.25) is 0 Å². The predicted molar refractivity (Wildman–Crippen MR) is 46.7 cm³/mol. The van der Waals surface area contributed by atoms with Gasteiger partial charge in [-0.05, 0) is 30.2 Å². The summed E-state index contributed by atoms with van der Waals surface area (Å²) in [5.41, 5.74) is 4.74. The highest BCUT2D eigenvalue weighted by Gasteiger charge is 2.39. The molecule has 1 aliphatic carbocycles. The van der Waals surface area contributed by atoms with Crippen LogP contribution in [-0.4, -0.2) is 6.04 Å². The van der Waals surface area contributed by atoms with E-state index in [9.17, 15) is 17.6 Å². The van der Waals surface area contributed by atoms with Crippen LogP contribution in [0.25, 0.3) is 0 Å². The monoisotopic (exact) mass is 219 g/mol. The molecule has 2 unspecified atom stereocenters. The molecule has 0 aliphatic heterocycles. The summed E-state index contributed by atoms with van der Waals surface area (Å²) in [6, 6.07) is 2.24. The van der Waals surface area contributed by atoms with Crippen molar-refractivity contribution in [1.82, 2.24) is 0 Å². The lowest BCUT2D eigenvalue weighted by molar-refractivity contribution is -0.137. The van der Waals surface area contributed by atoms with E-state index >= 15 is 0 Å². The maximum Gasteiger partial charge on any atom is 0.416 e. The molecule has 0 aromatic heterocycles. The van der Waals surface area contributed by atoms with Gasteiger partial charge >= 0.3 is 6.18 Å². The van der Waals surface area contributed by atoms with Crippen molar-refractivity contribution in [1.29, 1.82) is 0 Å². The summed E-state index contributed by atoms with van der Waals surface area (Å²) in [6.45, 7) is 0. The molecule has 2 rings (SSSR count). The number of hydrogen-bond donors (Lipinski definition) is 1. The van der Waals surface area contributed by atoms with Gasteiger partial charge in [-0.1, -0.05) is 0 Å². The fraction of sp³-hybridized carbons (Fsp3) is 0.400. The van der Waals surface area contributed by atoms with Crippen LogP contribution in [0, 0.1) is 5.82 Å². The quantitative estimate of drug-likeness (QED) is 0.722. The third-order valence-corrected chi connectivity index (χ3v) is 2.56. The molecular weight excluding hydrogens is 210 g/mol. The van der Waals surface area contributed by atoms with E-state index < -0.39 is 17.6 Å². The molecule has 15 heavy (non-hydrogen) atoms. The Bertz CT molecular complexity index is 385. The summed E-state index contributed by atoms with van der Waals surface area (Å²) in [7, 11) is 0. The van der Waals surface area contributed by atoms with Crippen molar-refractivity contribution in [2.24, 2.45) is 5.73 Å². The summed E-state index contributed by atoms with van der Waals surface area (Å²) in [5.74, 6) is -0.867. The number of nitrogens with two attached hydrogens (primary N) is 1. The molecule has 1 aromatic rings. The first-order valence-corrected chi connectivity index (χ1v) is 4.52. The fourth-order valence-electron chi connectivity index (χ4n) is 1.58. The first kappa shape index (κ1) is 10.4. The van der Waals surface area contributed by atoms with E-state index in [0.717, 1.165) is 18.2 Å². The van der Waals surface area contributed by atoms with E-state index in [1.54, 1.807) is 0 Å². The molecule has 1 aliphatic rings. The van der Waals surface area contributed by atoms with E-state index in [1.807, 2.05) is 0 Å². The average molecular weight is 219 g/mol. The molecule has 5 heteroatoms. The molecule has 1 nitrogen and oxygen atoms in total. The predicted octanol–water partition coefficient (Wildman–Crippen LogP) is 2.66. The summed E-state index contributed by atoms with van der Waals surface area (Å²) >= 11 is 0. The van der Waals surface area contributed by atoms with E-state index in [0.29, 0.717) is 6.42 Å². The number of benzene rings is 1. The van der Waals surface area contributed by atoms with Gasteiger partial charge in [-0.25, -0.2) is 4.39 Å². The number of alkyl halides is 3. The standard InChI is InChI=1S/C10H9F4N/c11-8-2-1-5(10(12,13)14)3-6(8)7-4-9(7)15/h1-3,7,9H,4,15H2. The van der Waals surface area contributed by atoms with Crippen molar-refractivity contribution in [3.63, 3.8) is 0 Å². The van der Waals surface area contributed by atoms with E-state index in [-0.39, 0.29) is 17.5 Å². The Kier molecular flexibility index (Phi) is 2.22. The molecule has 0 bridgehead atoms. The van der Waals surface area contributed by atoms with Crippen molar-refractivity contribution in [3.8, 4) is 0 Å². The maximum atomic E-state index is 13.2. The first-order valence-electron chi connectivity index (χ1n) is 4.52. The minimum atomic E-state index is -4.43. The van der Waals surface area contributed by atoms with Crippen LogP contribution in [0.3, 0.4) is 0 Å². The zero-order chi connectivity index (χ0) is 11.2. The van der Waals surface area contributed by atoms with Gasteiger partial charge in [0.05, 0.1) is 5.56 Å². The molecule has 0 amide bonds. The Labute approximate surface area is 83.9 Å². The Morgan fingerprint density at radius 3 is 2.33 bits per heavy atom. The molecule has 1 aromatic carbocycles. The van der Waals surface area contributed by atoms with Crippen LogP contribution in [-0.2, 0) is 6.18 Å². The summed E-state index contributed by atoms with van der Waals surface area (Å²) < 4.78 is 50.2. The maximum absolute atomic E-state index is 13.2. The van der Waals surface area contributed by atoms with Gasteiger partial charge in [0.15, 0.2) is 0 Å². The Morgan fingerprint density at radius 2 is 1.87 bits per heavy atom. The van der Waals surface area contributed by atoms with Crippen LogP contribution in [0.4, 0.5) is 17.6 Å². The van der Waals surface area contributed by atoms with E-state index in [4.69, 9.17) is 5.73 Å². The Hall–Kier alpha value is -1.10. The van der Waals surface area contributed by atoms with Crippen molar-refractivity contribution in [2.45, 2.75) is 24.6 Å². The lowest BCUT2D eigenvalue weighted by Crippen LogP contribution is -2.08. The van der Waals surface area contributed by atoms with E-state index in [2.05, 4.69) is 0 Å². The van der Waals surface area contributed by atoms with Crippen LogP contribution >= 0.6 is 0 Å². The van der Waals surface area contributed by atoms with Crippen molar-refractivity contribution < 1.29 is 17.6 Å². The highest BCUT2D eigenvalue weighted by molar-refractivity contribution is 5.34. The molecule has 2 N–H and O–H groups in total. The van der Waals surface area contributed by atoms with Gasteiger partial charge in [0.1, 0.15) is 5.82 Å². The summed E-state index contributed by atoms with van der Waals surface area (Å²) in [4.78, 5) is 0. The average Bonchev–Trinajstić information content (AvgIpc) is 2.81. The smallest absolute Gasteiger partial charge is 0.327 e. The highest BCUT2D eigenvalue weighted by Crippen LogP contribution is 2.42. The molecule has 0 spiro atoms. The first-order chi connectivity index (χ1) is 6.89. The van der Waals surface area contributed by atoms with Gasteiger partial charge in [0, 0.05) is 12.0 Å². The third kappa shape index (κ3) is 1.97. The van der Waals surface area contributed by atoms with Crippen LogP contribution in [0.1, 0.15) is 23.5 Å².